The summed E-state index contributed by atoms with van der Waals surface area (Å²) in [5.74, 6) is -0.137. The van der Waals surface area contributed by atoms with Crippen molar-refractivity contribution in [2.45, 2.75) is 6.92 Å². The third-order valence-corrected chi connectivity index (χ3v) is 1.22. The van der Waals surface area contributed by atoms with Crippen LogP contribution in [0.1, 0.15) is 17.3 Å². The zero-order valence-electron chi connectivity index (χ0n) is 5.59. The lowest BCUT2D eigenvalue weighted by Gasteiger charge is -1.96. The van der Waals surface area contributed by atoms with Crippen molar-refractivity contribution < 1.29 is 9.90 Å². The maximum atomic E-state index is 10.7. The molecule has 0 saturated heterocycles. The molecule has 1 N–H and O–H groups in total. The molecule has 0 amide bonds. The van der Waals surface area contributed by atoms with Gasteiger partial charge in [0, 0.05) is 0 Å². The molecular weight excluding hydrogens is 128 g/mol. The lowest BCUT2D eigenvalue weighted by Crippen LogP contribution is -1.90. The lowest BCUT2D eigenvalue weighted by molar-refractivity contribution is 0.101. The quantitative estimate of drug-likeness (QED) is 0.591. The van der Waals surface area contributed by atoms with Crippen molar-refractivity contribution in [1.82, 2.24) is 0 Å². The number of ketones is 1. The fourth-order valence-electron chi connectivity index (χ4n) is 0.719. The summed E-state index contributed by atoms with van der Waals surface area (Å²) in [6, 6.07) is 7.16. The molecule has 1 radical (unpaired) electrons. The summed E-state index contributed by atoms with van der Waals surface area (Å²) in [5.41, 5.74) is 0.346. The van der Waals surface area contributed by atoms with Crippen LogP contribution in [0.15, 0.2) is 18.2 Å². The summed E-state index contributed by atoms with van der Waals surface area (Å²) in [6.45, 7) is 1.41. The van der Waals surface area contributed by atoms with E-state index in [2.05, 4.69) is 6.07 Å². The fourth-order valence-corrected chi connectivity index (χ4v) is 0.719. The molecule has 2 heteroatoms. The predicted molar refractivity (Wildman–Crippen MR) is 36.9 cm³/mol. The van der Waals surface area contributed by atoms with E-state index >= 15 is 0 Å². The second-order valence-electron chi connectivity index (χ2n) is 2.00. The average molecular weight is 135 g/mol. The van der Waals surface area contributed by atoms with Crippen molar-refractivity contribution in [2.24, 2.45) is 0 Å². The number of phenols is 1. The van der Waals surface area contributed by atoms with Crippen LogP contribution in [0.25, 0.3) is 0 Å². The molecule has 0 heterocycles. The molecule has 2 nitrogen and oxygen atoms in total. The molecule has 0 fully saturated rings. The Kier molecular flexibility index (Phi) is 1.71. The number of Topliss-reactive ketones (excluding diaryl/α,β-unsaturated/α-hetero) is 1. The molecule has 0 aliphatic rings. The van der Waals surface area contributed by atoms with Crippen LogP contribution >= 0.6 is 0 Å². The monoisotopic (exact) mass is 135 g/mol. The molecule has 1 aromatic carbocycles. The highest BCUT2D eigenvalue weighted by molar-refractivity contribution is 5.96. The minimum atomic E-state index is -0.133. The standard InChI is InChI=1S/C8H7O2/c1-6(9)7-4-2-3-5-8(7)10/h2,4-5,10H,1H3. The van der Waals surface area contributed by atoms with Gasteiger partial charge in [0.05, 0.1) is 5.56 Å². The van der Waals surface area contributed by atoms with E-state index in [1.165, 1.54) is 19.1 Å². The number of carbonyl (C=O) groups is 1. The Bertz CT molecular complexity index is 253. The van der Waals surface area contributed by atoms with Gasteiger partial charge in [-0.2, -0.15) is 0 Å². The van der Waals surface area contributed by atoms with Gasteiger partial charge in [0.1, 0.15) is 5.75 Å². The van der Waals surface area contributed by atoms with E-state index in [0.717, 1.165) is 0 Å². The van der Waals surface area contributed by atoms with Gasteiger partial charge in [0.2, 0.25) is 0 Å². The third-order valence-electron chi connectivity index (χ3n) is 1.22. The SMILES string of the molecule is CC(=O)c1cc[c]cc1O. The fraction of sp³-hybridized carbons (Fsp3) is 0.125. The molecule has 0 bridgehead atoms. The zero-order chi connectivity index (χ0) is 7.56. The van der Waals surface area contributed by atoms with E-state index < -0.39 is 0 Å². The van der Waals surface area contributed by atoms with Crippen molar-refractivity contribution in [3.63, 3.8) is 0 Å². The van der Waals surface area contributed by atoms with Crippen LogP contribution in [0.3, 0.4) is 0 Å². The van der Waals surface area contributed by atoms with Crippen molar-refractivity contribution in [3.05, 3.63) is 29.8 Å². The normalized spacial score (nSPS) is 9.30. The molecule has 51 valence electrons. The Hall–Kier alpha value is -1.31. The molecule has 0 spiro atoms. The van der Waals surface area contributed by atoms with Crippen LogP contribution in [0.4, 0.5) is 0 Å². The second kappa shape index (κ2) is 2.52. The first-order valence-electron chi connectivity index (χ1n) is 2.92. The molecule has 0 unspecified atom stereocenters. The minimum absolute atomic E-state index is 0.00463. The molecular formula is C8H7O2. The van der Waals surface area contributed by atoms with E-state index in [0.29, 0.717) is 5.56 Å². The van der Waals surface area contributed by atoms with Crippen molar-refractivity contribution >= 4 is 5.78 Å². The maximum absolute atomic E-state index is 10.7. The second-order valence-corrected chi connectivity index (χ2v) is 2.00. The van der Waals surface area contributed by atoms with Gasteiger partial charge in [-0.3, -0.25) is 4.79 Å². The maximum Gasteiger partial charge on any atom is 0.163 e. The summed E-state index contributed by atoms with van der Waals surface area (Å²) < 4.78 is 0. The largest absolute Gasteiger partial charge is 0.507 e. The van der Waals surface area contributed by atoms with Gasteiger partial charge in [-0.25, -0.2) is 0 Å². The Morgan fingerprint density at radius 1 is 1.70 bits per heavy atom. The molecule has 0 atom stereocenters. The molecule has 1 rings (SSSR count). The van der Waals surface area contributed by atoms with Crippen LogP contribution in [0, 0.1) is 6.07 Å². The van der Waals surface area contributed by atoms with Crippen LogP contribution in [0.2, 0.25) is 0 Å². The third kappa shape index (κ3) is 1.16. The van der Waals surface area contributed by atoms with Gasteiger partial charge >= 0.3 is 0 Å². The van der Waals surface area contributed by atoms with Crippen molar-refractivity contribution in [1.29, 1.82) is 0 Å². The number of rotatable bonds is 1. The van der Waals surface area contributed by atoms with E-state index in [-0.39, 0.29) is 11.5 Å². The minimum Gasteiger partial charge on any atom is -0.507 e. The van der Waals surface area contributed by atoms with E-state index in [9.17, 15) is 4.79 Å². The number of hydrogen-bond donors (Lipinski definition) is 1. The summed E-state index contributed by atoms with van der Waals surface area (Å²) in [5, 5.41) is 9.03. The molecule has 0 aliphatic heterocycles. The van der Waals surface area contributed by atoms with E-state index in [1.54, 1.807) is 6.07 Å². The lowest BCUT2D eigenvalue weighted by atomic mass is 10.1. The van der Waals surface area contributed by atoms with Gasteiger partial charge in [-0.15, -0.1) is 0 Å². The molecule has 10 heavy (non-hydrogen) atoms. The number of carbonyl (C=O) groups excluding carboxylic acids is 1. The highest BCUT2D eigenvalue weighted by atomic mass is 16.3. The highest BCUT2D eigenvalue weighted by Gasteiger charge is 2.02. The summed E-state index contributed by atoms with van der Waals surface area (Å²) in [6.07, 6.45) is 0. The number of hydrogen-bond acceptors (Lipinski definition) is 2. The zero-order valence-corrected chi connectivity index (χ0v) is 5.59. The van der Waals surface area contributed by atoms with E-state index in [4.69, 9.17) is 5.11 Å². The van der Waals surface area contributed by atoms with E-state index in [1.807, 2.05) is 0 Å². The van der Waals surface area contributed by atoms with Crippen LogP contribution in [-0.2, 0) is 0 Å². The van der Waals surface area contributed by atoms with Crippen LogP contribution in [0.5, 0.6) is 5.75 Å². The Morgan fingerprint density at radius 3 is 2.80 bits per heavy atom. The molecule has 1 aromatic rings. The smallest absolute Gasteiger partial charge is 0.163 e. The van der Waals surface area contributed by atoms with Gasteiger partial charge in [-0.05, 0) is 25.1 Å². The Balaban J connectivity index is 3.15. The van der Waals surface area contributed by atoms with Gasteiger partial charge in [0.25, 0.3) is 0 Å². The number of phenolic OH excluding ortho intramolecular Hbond substituents is 1. The highest BCUT2D eigenvalue weighted by Crippen LogP contribution is 2.14. The average Bonchev–Trinajstić information content (AvgIpc) is 1.88. The summed E-state index contributed by atoms with van der Waals surface area (Å²) in [4.78, 5) is 10.7. The first kappa shape index (κ1) is 6.81. The van der Waals surface area contributed by atoms with Gasteiger partial charge in [-0.1, -0.05) is 6.07 Å². The topological polar surface area (TPSA) is 37.3 Å². The molecule has 0 saturated carbocycles. The molecule has 0 aliphatic carbocycles. The first-order chi connectivity index (χ1) is 4.72. The van der Waals surface area contributed by atoms with Crippen molar-refractivity contribution in [3.8, 4) is 5.75 Å². The first-order valence-corrected chi connectivity index (χ1v) is 2.92. The molecule has 0 aromatic heterocycles. The summed E-state index contributed by atoms with van der Waals surface area (Å²) >= 11 is 0. The summed E-state index contributed by atoms with van der Waals surface area (Å²) in [7, 11) is 0. The van der Waals surface area contributed by atoms with Gasteiger partial charge < -0.3 is 5.11 Å². The van der Waals surface area contributed by atoms with Crippen LogP contribution in [-0.4, -0.2) is 10.9 Å². The predicted octanol–water partition coefficient (Wildman–Crippen LogP) is 1.39. The number of benzene rings is 1. The Morgan fingerprint density at radius 2 is 2.40 bits per heavy atom. The number of aromatic hydroxyl groups is 1. The van der Waals surface area contributed by atoms with Crippen molar-refractivity contribution in [2.75, 3.05) is 0 Å². The van der Waals surface area contributed by atoms with Crippen LogP contribution < -0.4 is 0 Å². The van der Waals surface area contributed by atoms with Gasteiger partial charge in [0.15, 0.2) is 5.78 Å². The Labute approximate surface area is 59.1 Å².